The summed E-state index contributed by atoms with van der Waals surface area (Å²) in [6, 6.07) is 5.90. The monoisotopic (exact) mass is 401 g/mol. The Morgan fingerprint density at radius 3 is 2.61 bits per heavy atom. The maximum Gasteiger partial charge on any atom is 0.280 e. The molecule has 0 fully saturated rings. The average Bonchev–Trinajstić information content (AvgIpc) is 3.30. The molecule has 1 amide bonds. The zero-order valence-electron chi connectivity index (χ0n) is 17.3. The topological polar surface area (TPSA) is 63.5 Å². The maximum atomic E-state index is 13.3. The van der Waals surface area contributed by atoms with Gasteiger partial charge in [0.1, 0.15) is 11.3 Å². The molecule has 1 aromatic carbocycles. The average molecular weight is 402 g/mol. The SMILES string of the molecule is COc1ccc(C)c2sc(N(CCN(C)C)C(=O)c3ccn(C(C)C)n3)nc12. The summed E-state index contributed by atoms with van der Waals surface area (Å²) in [6.07, 6.45) is 1.84. The lowest BCUT2D eigenvalue weighted by molar-refractivity contribution is 0.0979. The number of aromatic nitrogens is 3. The van der Waals surface area contributed by atoms with E-state index in [0.29, 0.717) is 23.1 Å². The molecule has 0 N–H and O–H groups in total. The Morgan fingerprint density at radius 1 is 1.25 bits per heavy atom. The molecule has 28 heavy (non-hydrogen) atoms. The number of rotatable bonds is 7. The number of carbonyl (C=O) groups excluding carboxylic acids is 1. The molecule has 0 saturated carbocycles. The molecule has 0 radical (unpaired) electrons. The minimum Gasteiger partial charge on any atom is -0.494 e. The first-order valence-corrected chi connectivity index (χ1v) is 10.1. The van der Waals surface area contributed by atoms with Crippen LogP contribution in [0.2, 0.25) is 0 Å². The van der Waals surface area contributed by atoms with Crippen molar-refractivity contribution in [3.05, 3.63) is 35.7 Å². The lowest BCUT2D eigenvalue weighted by atomic mass is 10.2. The third-order valence-electron chi connectivity index (χ3n) is 4.52. The first-order valence-electron chi connectivity index (χ1n) is 9.27. The molecular formula is C20H27N5O2S. The van der Waals surface area contributed by atoms with E-state index in [4.69, 9.17) is 9.72 Å². The Kier molecular flexibility index (Phi) is 6.00. The molecule has 3 rings (SSSR count). The summed E-state index contributed by atoms with van der Waals surface area (Å²) in [6.45, 7) is 7.37. The van der Waals surface area contributed by atoms with Gasteiger partial charge < -0.3 is 9.64 Å². The number of nitrogens with zero attached hydrogens (tertiary/aromatic N) is 5. The molecule has 150 valence electrons. The zero-order valence-corrected chi connectivity index (χ0v) is 18.1. The fourth-order valence-electron chi connectivity index (χ4n) is 2.84. The van der Waals surface area contributed by atoms with Crippen molar-refractivity contribution in [2.24, 2.45) is 0 Å². The standard InChI is InChI=1S/C20H27N5O2S/c1-13(2)25-10-9-15(22-25)19(26)24(12-11-23(4)5)20-21-17-16(27-6)8-7-14(3)18(17)28-20/h7-10,13H,11-12H2,1-6H3. The first-order chi connectivity index (χ1) is 13.3. The van der Waals surface area contributed by atoms with Gasteiger partial charge in [-0.25, -0.2) is 4.98 Å². The van der Waals surface area contributed by atoms with Crippen molar-refractivity contribution in [2.75, 3.05) is 39.2 Å². The van der Waals surface area contributed by atoms with Gasteiger partial charge in [-0.15, -0.1) is 0 Å². The van der Waals surface area contributed by atoms with Gasteiger partial charge in [-0.1, -0.05) is 17.4 Å². The third-order valence-corrected chi connectivity index (χ3v) is 5.73. The molecule has 0 aliphatic rings. The fourth-order valence-corrected chi connectivity index (χ4v) is 3.92. The number of benzene rings is 1. The van der Waals surface area contributed by atoms with Gasteiger partial charge in [0, 0.05) is 25.3 Å². The molecule has 2 aromatic heterocycles. The van der Waals surface area contributed by atoms with Gasteiger partial charge in [-0.3, -0.25) is 14.4 Å². The van der Waals surface area contributed by atoms with Crippen molar-refractivity contribution in [2.45, 2.75) is 26.8 Å². The lowest BCUT2D eigenvalue weighted by Gasteiger charge is -2.21. The van der Waals surface area contributed by atoms with Crippen LogP contribution in [0.4, 0.5) is 5.13 Å². The Morgan fingerprint density at radius 2 is 2.00 bits per heavy atom. The molecule has 0 aliphatic heterocycles. The normalized spacial score (nSPS) is 11.6. The number of hydrogen-bond donors (Lipinski definition) is 0. The van der Waals surface area contributed by atoms with E-state index < -0.39 is 0 Å². The predicted octanol–water partition coefficient (Wildman–Crippen LogP) is 3.60. The Bertz CT molecular complexity index is 976. The Balaban J connectivity index is 2.03. The number of ether oxygens (including phenoxy) is 1. The number of methoxy groups -OCH3 is 1. The third kappa shape index (κ3) is 4.02. The number of hydrogen-bond acceptors (Lipinski definition) is 6. The van der Waals surface area contributed by atoms with E-state index in [-0.39, 0.29) is 11.9 Å². The van der Waals surface area contributed by atoms with Gasteiger partial charge in [-0.05, 0) is 52.6 Å². The van der Waals surface area contributed by atoms with E-state index in [2.05, 4.69) is 5.10 Å². The van der Waals surface area contributed by atoms with Crippen molar-refractivity contribution < 1.29 is 9.53 Å². The van der Waals surface area contributed by atoms with Gasteiger partial charge in [-0.2, -0.15) is 5.10 Å². The second-order valence-corrected chi connectivity index (χ2v) is 8.27. The van der Waals surface area contributed by atoms with Crippen LogP contribution in [-0.2, 0) is 0 Å². The molecule has 7 nitrogen and oxygen atoms in total. The Labute approximate surface area is 169 Å². The summed E-state index contributed by atoms with van der Waals surface area (Å²) < 4.78 is 8.29. The van der Waals surface area contributed by atoms with Gasteiger partial charge in [0.2, 0.25) is 0 Å². The van der Waals surface area contributed by atoms with Crippen molar-refractivity contribution >= 4 is 32.6 Å². The van der Waals surface area contributed by atoms with Crippen LogP contribution >= 0.6 is 11.3 Å². The molecule has 0 spiro atoms. The summed E-state index contributed by atoms with van der Waals surface area (Å²) >= 11 is 1.51. The van der Waals surface area contributed by atoms with Gasteiger partial charge in [0.25, 0.3) is 5.91 Å². The molecule has 3 aromatic rings. The van der Waals surface area contributed by atoms with Crippen molar-refractivity contribution in [3.8, 4) is 5.75 Å². The lowest BCUT2D eigenvalue weighted by Crippen LogP contribution is -2.37. The summed E-state index contributed by atoms with van der Waals surface area (Å²) in [4.78, 5) is 21.8. The predicted molar refractivity (Wildman–Crippen MR) is 114 cm³/mol. The van der Waals surface area contributed by atoms with Crippen molar-refractivity contribution in [3.63, 3.8) is 0 Å². The van der Waals surface area contributed by atoms with Crippen LogP contribution in [0.15, 0.2) is 24.4 Å². The van der Waals surface area contributed by atoms with E-state index in [0.717, 1.165) is 22.3 Å². The molecule has 0 unspecified atom stereocenters. The van der Waals surface area contributed by atoms with Crippen LogP contribution < -0.4 is 9.64 Å². The zero-order chi connectivity index (χ0) is 20.4. The van der Waals surface area contributed by atoms with Crippen LogP contribution in [0.3, 0.4) is 0 Å². The number of amides is 1. The minimum atomic E-state index is -0.142. The highest BCUT2D eigenvalue weighted by molar-refractivity contribution is 7.22. The summed E-state index contributed by atoms with van der Waals surface area (Å²) in [5.74, 6) is 0.573. The van der Waals surface area contributed by atoms with Gasteiger partial charge in [0.15, 0.2) is 10.8 Å². The van der Waals surface area contributed by atoms with E-state index in [1.165, 1.54) is 11.3 Å². The fraction of sp³-hybridized carbons (Fsp3) is 0.450. The highest BCUT2D eigenvalue weighted by Crippen LogP contribution is 2.36. The Hall–Kier alpha value is -2.45. The summed E-state index contributed by atoms with van der Waals surface area (Å²) in [7, 11) is 5.61. The van der Waals surface area contributed by atoms with Crippen LogP contribution in [0, 0.1) is 6.92 Å². The van der Waals surface area contributed by atoms with Gasteiger partial charge in [0.05, 0.1) is 11.8 Å². The molecular weight excluding hydrogens is 374 g/mol. The second kappa shape index (κ2) is 8.28. The number of likely N-dealkylation sites (N-methyl/N-ethyl adjacent to an activating group) is 1. The molecule has 2 heterocycles. The molecule has 8 heteroatoms. The smallest absolute Gasteiger partial charge is 0.280 e. The first kappa shape index (κ1) is 20.3. The molecule has 0 atom stereocenters. The highest BCUT2D eigenvalue weighted by atomic mass is 32.1. The van der Waals surface area contributed by atoms with Gasteiger partial charge >= 0.3 is 0 Å². The largest absolute Gasteiger partial charge is 0.494 e. The molecule has 0 aliphatic carbocycles. The molecule has 0 bridgehead atoms. The summed E-state index contributed by atoms with van der Waals surface area (Å²) in [5, 5.41) is 5.11. The van der Waals surface area contributed by atoms with E-state index in [1.54, 1.807) is 22.8 Å². The quantitative estimate of drug-likeness (QED) is 0.605. The number of thiazole rings is 1. The van der Waals surface area contributed by atoms with Crippen molar-refractivity contribution in [1.29, 1.82) is 0 Å². The number of fused-ring (bicyclic) bond motifs is 1. The second-order valence-electron chi connectivity index (χ2n) is 7.29. The van der Waals surface area contributed by atoms with Crippen LogP contribution in [0.1, 0.15) is 35.9 Å². The summed E-state index contributed by atoms with van der Waals surface area (Å²) in [5.41, 5.74) is 2.33. The molecule has 0 saturated heterocycles. The number of carbonyl (C=O) groups is 1. The van der Waals surface area contributed by atoms with Crippen molar-refractivity contribution in [1.82, 2.24) is 19.7 Å². The number of aryl methyl sites for hydroxylation is 1. The highest BCUT2D eigenvalue weighted by Gasteiger charge is 2.24. The van der Waals surface area contributed by atoms with Crippen LogP contribution in [-0.4, -0.2) is 59.9 Å². The maximum absolute atomic E-state index is 13.3. The number of anilines is 1. The van der Waals surface area contributed by atoms with Crippen LogP contribution in [0.5, 0.6) is 5.75 Å². The van der Waals surface area contributed by atoms with E-state index in [9.17, 15) is 4.79 Å². The van der Waals surface area contributed by atoms with E-state index >= 15 is 0 Å². The van der Waals surface area contributed by atoms with E-state index in [1.807, 2.05) is 58.1 Å². The minimum absolute atomic E-state index is 0.142. The van der Waals surface area contributed by atoms with Crippen LogP contribution in [0.25, 0.3) is 10.2 Å².